The maximum atomic E-state index is 5.44. The first-order valence-electron chi connectivity index (χ1n) is 6.67. The molecule has 0 radical (unpaired) electrons. The summed E-state index contributed by atoms with van der Waals surface area (Å²) in [5.41, 5.74) is 1.16. The molecule has 2 unspecified atom stereocenters. The molecule has 0 aliphatic heterocycles. The summed E-state index contributed by atoms with van der Waals surface area (Å²) < 4.78 is 10.8. The fraction of sp³-hybridized carbons (Fsp3) is 0.600. The number of methoxy groups -OCH3 is 2. The van der Waals surface area contributed by atoms with Gasteiger partial charge in [-0.1, -0.05) is 19.1 Å². The van der Waals surface area contributed by atoms with Gasteiger partial charge in [0, 0.05) is 18.2 Å². The number of nitrogens with one attached hydrogen (secondary N) is 1. The normalized spacial score (nSPS) is 23.1. The summed E-state index contributed by atoms with van der Waals surface area (Å²) in [4.78, 5) is 0. The van der Waals surface area contributed by atoms with Crippen molar-refractivity contribution in [1.82, 2.24) is 5.32 Å². The molecule has 100 valence electrons. The second-order valence-corrected chi connectivity index (χ2v) is 5.15. The summed E-state index contributed by atoms with van der Waals surface area (Å²) in [6, 6.07) is 6.68. The van der Waals surface area contributed by atoms with Crippen LogP contribution in [0.25, 0.3) is 0 Å². The Bertz CT molecular complexity index is 392. The highest BCUT2D eigenvalue weighted by Gasteiger charge is 2.21. The first-order valence-corrected chi connectivity index (χ1v) is 6.67. The van der Waals surface area contributed by atoms with Gasteiger partial charge in [0.15, 0.2) is 11.5 Å². The molecule has 1 aromatic rings. The van der Waals surface area contributed by atoms with E-state index >= 15 is 0 Å². The van der Waals surface area contributed by atoms with E-state index < -0.39 is 0 Å². The number of hydrogen-bond acceptors (Lipinski definition) is 3. The van der Waals surface area contributed by atoms with Crippen molar-refractivity contribution in [3.8, 4) is 11.5 Å². The Labute approximate surface area is 109 Å². The Morgan fingerprint density at radius 3 is 2.67 bits per heavy atom. The minimum atomic E-state index is 0.649. The highest BCUT2D eigenvalue weighted by molar-refractivity contribution is 5.46. The molecular formula is C15H23NO2. The van der Waals surface area contributed by atoms with Crippen LogP contribution in [0, 0.1) is 5.92 Å². The molecule has 1 N–H and O–H groups in total. The molecule has 2 rings (SSSR count). The van der Waals surface area contributed by atoms with Crippen LogP contribution >= 0.6 is 0 Å². The van der Waals surface area contributed by atoms with Crippen LogP contribution in [0.15, 0.2) is 18.2 Å². The molecule has 0 bridgehead atoms. The average Bonchev–Trinajstić information content (AvgIpc) is 2.81. The van der Waals surface area contributed by atoms with Crippen molar-refractivity contribution >= 4 is 0 Å². The van der Waals surface area contributed by atoms with E-state index in [1.807, 2.05) is 12.1 Å². The lowest BCUT2D eigenvalue weighted by Crippen LogP contribution is -2.26. The van der Waals surface area contributed by atoms with Crippen molar-refractivity contribution < 1.29 is 9.47 Å². The van der Waals surface area contributed by atoms with Crippen molar-refractivity contribution in [2.24, 2.45) is 5.92 Å². The van der Waals surface area contributed by atoms with Crippen molar-refractivity contribution in [2.75, 3.05) is 14.2 Å². The molecule has 18 heavy (non-hydrogen) atoms. The topological polar surface area (TPSA) is 30.5 Å². The Morgan fingerprint density at radius 1 is 1.22 bits per heavy atom. The zero-order chi connectivity index (χ0) is 13.0. The molecule has 0 heterocycles. The van der Waals surface area contributed by atoms with Gasteiger partial charge in [-0.3, -0.25) is 0 Å². The predicted molar refractivity (Wildman–Crippen MR) is 73.2 cm³/mol. The monoisotopic (exact) mass is 249 g/mol. The third-order valence-electron chi connectivity index (χ3n) is 3.76. The largest absolute Gasteiger partial charge is 0.493 e. The molecule has 1 aliphatic carbocycles. The Balaban J connectivity index is 2.00. The van der Waals surface area contributed by atoms with Gasteiger partial charge in [-0.2, -0.15) is 0 Å². The number of rotatable bonds is 5. The highest BCUT2D eigenvalue weighted by atomic mass is 16.5. The van der Waals surface area contributed by atoms with E-state index in [0.717, 1.165) is 29.5 Å². The predicted octanol–water partition coefficient (Wildman–Crippen LogP) is 2.98. The third kappa shape index (κ3) is 2.96. The van der Waals surface area contributed by atoms with E-state index in [4.69, 9.17) is 9.47 Å². The summed E-state index contributed by atoms with van der Waals surface area (Å²) in [5, 5.41) is 3.62. The summed E-state index contributed by atoms with van der Waals surface area (Å²) in [6.07, 6.45) is 3.91. The van der Waals surface area contributed by atoms with Crippen LogP contribution in [0.3, 0.4) is 0 Å². The molecule has 1 aliphatic rings. The molecule has 0 aromatic heterocycles. The van der Waals surface area contributed by atoms with E-state index in [1.54, 1.807) is 14.2 Å². The Kier molecular flexibility index (Phi) is 4.48. The molecule has 2 atom stereocenters. The van der Waals surface area contributed by atoms with E-state index in [1.165, 1.54) is 19.3 Å². The zero-order valence-corrected chi connectivity index (χ0v) is 11.5. The van der Waals surface area contributed by atoms with Crippen molar-refractivity contribution in [3.05, 3.63) is 23.8 Å². The third-order valence-corrected chi connectivity index (χ3v) is 3.76. The van der Waals surface area contributed by atoms with E-state index in [2.05, 4.69) is 18.3 Å². The average molecular weight is 249 g/mol. The second kappa shape index (κ2) is 6.10. The minimum absolute atomic E-state index is 0.649. The van der Waals surface area contributed by atoms with Crippen molar-refractivity contribution in [3.63, 3.8) is 0 Å². The van der Waals surface area contributed by atoms with Gasteiger partial charge in [-0.25, -0.2) is 0 Å². The quantitative estimate of drug-likeness (QED) is 0.870. The van der Waals surface area contributed by atoms with E-state index in [-0.39, 0.29) is 0 Å². The summed E-state index contributed by atoms with van der Waals surface area (Å²) in [5.74, 6) is 2.50. The van der Waals surface area contributed by atoms with Crippen LogP contribution in [0.1, 0.15) is 31.7 Å². The molecule has 3 heteroatoms. The second-order valence-electron chi connectivity index (χ2n) is 5.15. The van der Waals surface area contributed by atoms with Crippen LogP contribution in [0.5, 0.6) is 11.5 Å². The number of para-hydroxylation sites is 1. The van der Waals surface area contributed by atoms with Gasteiger partial charge in [0.05, 0.1) is 14.2 Å². The Morgan fingerprint density at radius 2 is 2.06 bits per heavy atom. The zero-order valence-electron chi connectivity index (χ0n) is 11.5. The molecule has 0 saturated heterocycles. The van der Waals surface area contributed by atoms with Crippen LogP contribution in [-0.4, -0.2) is 20.3 Å². The standard InChI is InChI=1S/C15H23NO2/c1-11-7-8-13(9-11)16-10-12-5-4-6-14(17-2)15(12)18-3/h4-6,11,13,16H,7-10H2,1-3H3. The van der Waals surface area contributed by atoms with Crippen LogP contribution in [0.2, 0.25) is 0 Å². The highest BCUT2D eigenvalue weighted by Crippen LogP contribution is 2.31. The molecule has 1 aromatic carbocycles. The van der Waals surface area contributed by atoms with Gasteiger partial charge in [-0.15, -0.1) is 0 Å². The maximum Gasteiger partial charge on any atom is 0.165 e. The summed E-state index contributed by atoms with van der Waals surface area (Å²) in [7, 11) is 3.37. The lowest BCUT2D eigenvalue weighted by Gasteiger charge is -2.16. The number of benzene rings is 1. The molecular weight excluding hydrogens is 226 g/mol. The van der Waals surface area contributed by atoms with Gasteiger partial charge in [0.2, 0.25) is 0 Å². The number of ether oxygens (including phenoxy) is 2. The Hall–Kier alpha value is -1.22. The molecule has 3 nitrogen and oxygen atoms in total. The molecule has 0 amide bonds. The van der Waals surface area contributed by atoms with Crippen LogP contribution < -0.4 is 14.8 Å². The summed E-state index contributed by atoms with van der Waals surface area (Å²) in [6.45, 7) is 3.17. The van der Waals surface area contributed by atoms with Gasteiger partial charge in [0.1, 0.15) is 0 Å². The fourth-order valence-corrected chi connectivity index (χ4v) is 2.74. The first kappa shape index (κ1) is 13.2. The summed E-state index contributed by atoms with van der Waals surface area (Å²) >= 11 is 0. The van der Waals surface area contributed by atoms with Crippen molar-refractivity contribution in [1.29, 1.82) is 0 Å². The SMILES string of the molecule is COc1cccc(CNC2CCC(C)C2)c1OC. The van der Waals surface area contributed by atoms with Crippen LogP contribution in [0.4, 0.5) is 0 Å². The van der Waals surface area contributed by atoms with Gasteiger partial charge < -0.3 is 14.8 Å². The molecule has 1 saturated carbocycles. The first-order chi connectivity index (χ1) is 8.74. The lowest BCUT2D eigenvalue weighted by molar-refractivity contribution is 0.349. The van der Waals surface area contributed by atoms with E-state index in [0.29, 0.717) is 6.04 Å². The van der Waals surface area contributed by atoms with Gasteiger partial charge in [0.25, 0.3) is 0 Å². The van der Waals surface area contributed by atoms with E-state index in [9.17, 15) is 0 Å². The number of hydrogen-bond donors (Lipinski definition) is 1. The van der Waals surface area contributed by atoms with Gasteiger partial charge >= 0.3 is 0 Å². The van der Waals surface area contributed by atoms with Crippen molar-refractivity contribution in [2.45, 2.75) is 38.8 Å². The van der Waals surface area contributed by atoms with Crippen LogP contribution in [-0.2, 0) is 6.54 Å². The molecule has 1 fully saturated rings. The minimum Gasteiger partial charge on any atom is -0.493 e. The smallest absolute Gasteiger partial charge is 0.165 e. The molecule has 0 spiro atoms. The fourth-order valence-electron chi connectivity index (χ4n) is 2.74. The lowest BCUT2D eigenvalue weighted by atomic mass is 10.1. The maximum absolute atomic E-state index is 5.44. The van der Waals surface area contributed by atoms with Gasteiger partial charge in [-0.05, 0) is 31.2 Å².